The number of allylic oxidation sites excluding steroid dienone is 1. The van der Waals surface area contributed by atoms with Crippen LogP contribution in [-0.2, 0) is 14.3 Å². The molecule has 1 spiro atoms. The SMILES string of the molecule is CC(C)=CCCN1C[C@@H]2[C@H](CNC(=O)CN3CCOC3=O)[C@H]3CC[C@]2(C1)O3. The second-order valence-corrected chi connectivity index (χ2v) is 8.68. The van der Waals surface area contributed by atoms with Crippen LogP contribution in [0.25, 0.3) is 0 Å². The summed E-state index contributed by atoms with van der Waals surface area (Å²) in [4.78, 5) is 27.7. The van der Waals surface area contributed by atoms with Crippen molar-refractivity contribution >= 4 is 12.0 Å². The summed E-state index contributed by atoms with van der Waals surface area (Å²) in [6.45, 7) is 9.04. The normalized spacial score (nSPS) is 34.7. The average Bonchev–Trinajstić information content (AvgIpc) is 3.34. The minimum atomic E-state index is -0.393. The van der Waals surface area contributed by atoms with Gasteiger partial charge in [-0.3, -0.25) is 14.6 Å². The van der Waals surface area contributed by atoms with Crippen molar-refractivity contribution in [3.05, 3.63) is 11.6 Å². The summed E-state index contributed by atoms with van der Waals surface area (Å²) in [6.07, 6.45) is 5.50. The maximum atomic E-state index is 12.2. The molecule has 0 aromatic carbocycles. The average molecular weight is 377 g/mol. The number of ether oxygens (including phenoxy) is 2. The summed E-state index contributed by atoms with van der Waals surface area (Å²) in [5.41, 5.74) is 1.37. The Bertz CT molecular complexity index is 633. The molecule has 0 radical (unpaired) electrons. The predicted molar refractivity (Wildman–Crippen MR) is 100 cm³/mol. The molecular weight excluding hydrogens is 346 g/mol. The van der Waals surface area contributed by atoms with Gasteiger partial charge in [-0.1, -0.05) is 11.6 Å². The summed E-state index contributed by atoms with van der Waals surface area (Å²) in [6, 6.07) is 0. The van der Waals surface area contributed by atoms with Crippen molar-refractivity contribution in [2.45, 2.75) is 44.8 Å². The zero-order chi connectivity index (χ0) is 19.0. The van der Waals surface area contributed by atoms with Crippen LogP contribution < -0.4 is 5.32 Å². The number of carbonyl (C=O) groups is 2. The number of fused-ring (bicyclic) bond motifs is 1. The summed E-state index contributed by atoms with van der Waals surface area (Å²) in [7, 11) is 0. The first-order chi connectivity index (χ1) is 13.0. The van der Waals surface area contributed by atoms with Crippen molar-refractivity contribution in [2.24, 2.45) is 11.8 Å². The van der Waals surface area contributed by atoms with Gasteiger partial charge >= 0.3 is 6.09 Å². The minimum absolute atomic E-state index is 0.00376. The van der Waals surface area contributed by atoms with Crippen molar-refractivity contribution in [1.82, 2.24) is 15.1 Å². The van der Waals surface area contributed by atoms with Gasteiger partial charge in [-0.15, -0.1) is 0 Å². The van der Waals surface area contributed by atoms with E-state index in [9.17, 15) is 9.59 Å². The summed E-state index contributed by atoms with van der Waals surface area (Å²) in [5.74, 6) is 0.769. The van der Waals surface area contributed by atoms with Crippen molar-refractivity contribution in [2.75, 3.05) is 45.9 Å². The van der Waals surface area contributed by atoms with E-state index in [0.717, 1.165) is 38.9 Å². The van der Waals surface area contributed by atoms with Crippen LogP contribution in [0.15, 0.2) is 11.6 Å². The summed E-state index contributed by atoms with van der Waals surface area (Å²) >= 11 is 0. The predicted octanol–water partition coefficient (Wildman–Crippen LogP) is 1.39. The quantitative estimate of drug-likeness (QED) is 0.679. The van der Waals surface area contributed by atoms with Gasteiger partial charge in [0.05, 0.1) is 18.2 Å². The molecule has 7 nitrogen and oxygen atoms in total. The minimum Gasteiger partial charge on any atom is -0.448 e. The highest BCUT2D eigenvalue weighted by molar-refractivity contribution is 5.82. The topological polar surface area (TPSA) is 71.1 Å². The molecule has 1 N–H and O–H groups in total. The molecule has 4 heterocycles. The van der Waals surface area contributed by atoms with Crippen LogP contribution in [0.5, 0.6) is 0 Å². The molecule has 0 aliphatic carbocycles. The van der Waals surface area contributed by atoms with Gasteiger partial charge in [0.2, 0.25) is 5.91 Å². The second-order valence-electron chi connectivity index (χ2n) is 8.68. The zero-order valence-electron chi connectivity index (χ0n) is 16.4. The van der Waals surface area contributed by atoms with Crippen LogP contribution >= 0.6 is 0 Å². The fraction of sp³-hybridized carbons (Fsp3) is 0.800. The van der Waals surface area contributed by atoms with Gasteiger partial charge in [0.15, 0.2) is 0 Å². The molecule has 4 atom stereocenters. The van der Waals surface area contributed by atoms with E-state index in [1.54, 1.807) is 0 Å². The maximum absolute atomic E-state index is 12.2. The third kappa shape index (κ3) is 3.72. The van der Waals surface area contributed by atoms with E-state index in [1.807, 2.05) is 0 Å². The fourth-order valence-electron chi connectivity index (χ4n) is 5.30. The lowest BCUT2D eigenvalue weighted by Crippen LogP contribution is -2.44. The zero-order valence-corrected chi connectivity index (χ0v) is 16.4. The van der Waals surface area contributed by atoms with E-state index < -0.39 is 6.09 Å². The highest BCUT2D eigenvalue weighted by Gasteiger charge is 2.62. The van der Waals surface area contributed by atoms with E-state index in [2.05, 4.69) is 30.1 Å². The van der Waals surface area contributed by atoms with Gasteiger partial charge < -0.3 is 14.8 Å². The van der Waals surface area contributed by atoms with Crippen LogP contribution in [0.2, 0.25) is 0 Å². The number of nitrogens with one attached hydrogen (secondary N) is 1. The van der Waals surface area contributed by atoms with Crippen molar-refractivity contribution in [3.63, 3.8) is 0 Å². The molecule has 27 heavy (non-hydrogen) atoms. The Labute approximate surface area is 161 Å². The van der Waals surface area contributed by atoms with Crippen LogP contribution in [0.3, 0.4) is 0 Å². The number of nitrogens with zero attached hydrogens (tertiary/aromatic N) is 2. The van der Waals surface area contributed by atoms with Crippen molar-refractivity contribution in [1.29, 1.82) is 0 Å². The molecule has 0 saturated carbocycles. The smallest absolute Gasteiger partial charge is 0.410 e. The lowest BCUT2D eigenvalue weighted by atomic mass is 9.73. The van der Waals surface area contributed by atoms with Crippen molar-refractivity contribution < 1.29 is 19.1 Å². The molecular formula is C20H31N3O4. The van der Waals surface area contributed by atoms with Crippen LogP contribution in [0.4, 0.5) is 4.79 Å². The van der Waals surface area contributed by atoms with Gasteiger partial charge in [-0.25, -0.2) is 4.79 Å². The van der Waals surface area contributed by atoms with E-state index in [0.29, 0.717) is 31.5 Å². The van der Waals surface area contributed by atoms with E-state index in [-0.39, 0.29) is 24.2 Å². The Morgan fingerprint density at radius 2 is 2.26 bits per heavy atom. The highest BCUT2D eigenvalue weighted by atomic mass is 16.6. The molecule has 0 unspecified atom stereocenters. The molecule has 4 aliphatic rings. The fourth-order valence-corrected chi connectivity index (χ4v) is 5.30. The number of cyclic esters (lactones) is 1. The van der Waals surface area contributed by atoms with Gasteiger partial charge in [-0.05, 0) is 33.1 Å². The Balaban J connectivity index is 1.29. The third-order valence-corrected chi connectivity index (χ3v) is 6.57. The molecule has 2 bridgehead atoms. The first kappa shape index (κ1) is 18.7. The third-order valence-electron chi connectivity index (χ3n) is 6.57. The molecule has 4 rings (SSSR count). The number of hydrogen-bond acceptors (Lipinski definition) is 5. The number of rotatable bonds is 7. The molecule has 2 amide bonds. The number of carbonyl (C=O) groups excluding carboxylic acids is 2. The highest BCUT2D eigenvalue weighted by Crippen LogP contribution is 2.54. The Hall–Kier alpha value is -1.60. The number of likely N-dealkylation sites (tertiary alicyclic amines) is 1. The van der Waals surface area contributed by atoms with E-state index in [4.69, 9.17) is 9.47 Å². The molecule has 4 aliphatic heterocycles. The first-order valence-electron chi connectivity index (χ1n) is 10.2. The Morgan fingerprint density at radius 3 is 3.00 bits per heavy atom. The lowest BCUT2D eigenvalue weighted by molar-refractivity contribution is -0.121. The van der Waals surface area contributed by atoms with E-state index >= 15 is 0 Å². The molecule has 4 saturated heterocycles. The molecule has 7 heteroatoms. The Morgan fingerprint density at radius 1 is 1.41 bits per heavy atom. The van der Waals surface area contributed by atoms with Gasteiger partial charge in [-0.2, -0.15) is 0 Å². The van der Waals surface area contributed by atoms with Crippen LogP contribution in [0, 0.1) is 11.8 Å². The number of amides is 2. The second kappa shape index (κ2) is 7.43. The van der Waals surface area contributed by atoms with Gasteiger partial charge in [0, 0.05) is 38.0 Å². The van der Waals surface area contributed by atoms with E-state index in [1.165, 1.54) is 10.5 Å². The van der Waals surface area contributed by atoms with Crippen molar-refractivity contribution in [3.8, 4) is 0 Å². The molecule has 0 aromatic heterocycles. The summed E-state index contributed by atoms with van der Waals surface area (Å²) in [5, 5.41) is 3.04. The molecule has 4 fully saturated rings. The Kier molecular flexibility index (Phi) is 5.16. The number of hydrogen-bond donors (Lipinski definition) is 1. The first-order valence-corrected chi connectivity index (χ1v) is 10.2. The molecule has 150 valence electrons. The van der Waals surface area contributed by atoms with Gasteiger partial charge in [0.25, 0.3) is 0 Å². The van der Waals surface area contributed by atoms with Gasteiger partial charge in [0.1, 0.15) is 13.2 Å². The van der Waals surface area contributed by atoms with Crippen LogP contribution in [0.1, 0.15) is 33.1 Å². The summed E-state index contributed by atoms with van der Waals surface area (Å²) < 4.78 is 11.3. The standard InChI is InChI=1S/C20H31N3O4/c1-14(2)4-3-7-22-11-16-15(17-5-6-20(16,13-22)27-17)10-21-18(24)12-23-8-9-26-19(23)25/h4,15-17H,3,5-13H2,1-2H3,(H,21,24)/t15-,16+,17+,20+/m0/s1. The maximum Gasteiger partial charge on any atom is 0.410 e. The monoisotopic (exact) mass is 377 g/mol. The lowest BCUT2D eigenvalue weighted by Gasteiger charge is -2.29. The van der Waals surface area contributed by atoms with Crippen LogP contribution in [-0.4, -0.2) is 79.4 Å². The largest absolute Gasteiger partial charge is 0.448 e. The molecule has 0 aromatic rings.